The minimum atomic E-state index is -0.623. The van der Waals surface area contributed by atoms with Crippen LogP contribution in [0.3, 0.4) is 0 Å². The van der Waals surface area contributed by atoms with Crippen LogP contribution in [0.1, 0.15) is 0 Å². The van der Waals surface area contributed by atoms with Crippen LogP contribution in [0, 0.1) is 5.82 Å². The minimum absolute atomic E-state index is 0.0455. The van der Waals surface area contributed by atoms with Crippen LogP contribution in [0.2, 0.25) is 5.02 Å². The van der Waals surface area contributed by atoms with Gasteiger partial charge in [-0.15, -0.1) is 0 Å². The first-order chi connectivity index (χ1) is 14.1. The van der Waals surface area contributed by atoms with E-state index in [2.05, 4.69) is 10.3 Å². The van der Waals surface area contributed by atoms with Crippen LogP contribution >= 0.6 is 11.6 Å². The van der Waals surface area contributed by atoms with E-state index in [0.717, 1.165) is 13.1 Å². The van der Waals surface area contributed by atoms with Gasteiger partial charge in [0.1, 0.15) is 24.0 Å². The summed E-state index contributed by atoms with van der Waals surface area (Å²) in [6.45, 7) is 3.53. The smallest absolute Gasteiger partial charge is 0.350 e. The van der Waals surface area contributed by atoms with Crippen LogP contribution in [-0.4, -0.2) is 47.4 Å². The first-order valence-corrected chi connectivity index (χ1v) is 9.77. The first kappa shape index (κ1) is 18.2. The zero-order valence-corrected chi connectivity index (χ0v) is 16.2. The Morgan fingerprint density at radius 2 is 2.00 bits per heavy atom. The fraction of sp³-hybridized carbons (Fsp3) is 0.300. The maximum Gasteiger partial charge on any atom is 0.350 e. The van der Waals surface area contributed by atoms with Crippen LogP contribution in [0.4, 0.5) is 10.2 Å². The molecule has 0 bridgehead atoms. The lowest BCUT2D eigenvalue weighted by atomic mass is 9.99. The van der Waals surface area contributed by atoms with Crippen molar-refractivity contribution >= 4 is 28.3 Å². The summed E-state index contributed by atoms with van der Waals surface area (Å²) >= 11 is 6.59. The Morgan fingerprint density at radius 3 is 2.76 bits per heavy atom. The first-order valence-electron chi connectivity index (χ1n) is 9.39. The van der Waals surface area contributed by atoms with Gasteiger partial charge >= 0.3 is 5.69 Å². The third kappa shape index (κ3) is 2.82. The second-order valence-electron chi connectivity index (χ2n) is 7.05. The molecule has 2 aromatic carbocycles. The Hall–Kier alpha value is -2.84. The number of hydrogen-bond donors (Lipinski definition) is 2. The molecule has 3 aromatic rings. The monoisotopic (exact) mass is 416 g/mol. The van der Waals surface area contributed by atoms with Crippen molar-refractivity contribution in [2.45, 2.75) is 6.54 Å². The molecule has 2 aliphatic heterocycles. The van der Waals surface area contributed by atoms with E-state index in [1.165, 1.54) is 22.8 Å². The van der Waals surface area contributed by atoms with Crippen molar-refractivity contribution in [3.05, 3.63) is 45.6 Å². The zero-order valence-electron chi connectivity index (χ0n) is 15.4. The number of anilines is 1. The maximum absolute atomic E-state index is 14.6. The van der Waals surface area contributed by atoms with Crippen LogP contribution in [0.25, 0.3) is 22.0 Å². The molecule has 3 heterocycles. The average Bonchev–Trinajstić information content (AvgIpc) is 2.72. The topological polar surface area (TPSA) is 79.6 Å². The summed E-state index contributed by atoms with van der Waals surface area (Å²) in [6.07, 6.45) is 0. The van der Waals surface area contributed by atoms with E-state index in [1.54, 1.807) is 6.07 Å². The predicted octanol–water partition coefficient (Wildman–Crippen LogP) is 2.36. The summed E-state index contributed by atoms with van der Waals surface area (Å²) in [5.41, 5.74) is 0.323. The van der Waals surface area contributed by atoms with Crippen molar-refractivity contribution in [1.29, 1.82) is 0 Å². The largest absolute Gasteiger partial charge is 0.507 e. The van der Waals surface area contributed by atoms with E-state index in [9.17, 15) is 14.3 Å². The van der Waals surface area contributed by atoms with Gasteiger partial charge in [0, 0.05) is 31.6 Å². The van der Waals surface area contributed by atoms with Crippen molar-refractivity contribution in [1.82, 2.24) is 14.9 Å². The minimum Gasteiger partial charge on any atom is -0.507 e. The molecule has 0 aliphatic carbocycles. The Balaban J connectivity index is 1.86. The summed E-state index contributed by atoms with van der Waals surface area (Å²) in [5.74, 6) is -0.0420. The summed E-state index contributed by atoms with van der Waals surface area (Å²) in [4.78, 5) is 19.1. The van der Waals surface area contributed by atoms with E-state index in [4.69, 9.17) is 16.3 Å². The van der Waals surface area contributed by atoms with Crippen molar-refractivity contribution < 1.29 is 14.2 Å². The normalized spacial score (nSPS) is 16.1. The van der Waals surface area contributed by atoms with E-state index >= 15 is 0 Å². The number of halogens is 2. The van der Waals surface area contributed by atoms with Gasteiger partial charge in [-0.05, 0) is 18.2 Å². The summed E-state index contributed by atoms with van der Waals surface area (Å²) in [6, 6.07) is 5.73. The number of phenolic OH excluding ortho intramolecular Hbond substituents is 1. The van der Waals surface area contributed by atoms with Gasteiger partial charge in [0.25, 0.3) is 0 Å². The SMILES string of the molecule is O=c1nc(N2CCNCC2)c2cc(Cl)c(-c3c(O)cccc3F)c3c2n1CCO3. The molecule has 1 saturated heterocycles. The van der Waals surface area contributed by atoms with Crippen molar-refractivity contribution in [3.8, 4) is 22.6 Å². The number of benzene rings is 2. The molecule has 5 rings (SSSR count). The molecule has 0 saturated carbocycles. The Bertz CT molecular complexity index is 1170. The molecule has 2 N–H and O–H groups in total. The highest BCUT2D eigenvalue weighted by atomic mass is 35.5. The van der Waals surface area contributed by atoms with Crippen LogP contribution < -0.4 is 20.6 Å². The fourth-order valence-corrected chi connectivity index (χ4v) is 4.35. The standard InChI is InChI=1S/C20H18ClFN4O3/c21-12-10-11-17-18(15(12)16-13(22)2-1-3-14(16)27)29-9-8-26(17)20(28)24-19(11)25-6-4-23-5-7-25/h1-3,10,23,27H,4-9H2. The number of nitrogens with one attached hydrogen (secondary N) is 1. The number of hydrogen-bond acceptors (Lipinski definition) is 6. The molecule has 2 aliphatic rings. The van der Waals surface area contributed by atoms with Gasteiger partial charge in [0.2, 0.25) is 0 Å². The lowest BCUT2D eigenvalue weighted by molar-refractivity contribution is 0.284. The highest BCUT2D eigenvalue weighted by Gasteiger charge is 2.29. The summed E-state index contributed by atoms with van der Waals surface area (Å²) in [5, 5.41) is 14.5. The molecule has 0 atom stereocenters. The molecule has 29 heavy (non-hydrogen) atoms. The fourth-order valence-electron chi connectivity index (χ4n) is 4.06. The molecule has 0 spiro atoms. The molecule has 1 aromatic heterocycles. The van der Waals surface area contributed by atoms with Crippen LogP contribution in [-0.2, 0) is 6.54 Å². The molecule has 150 valence electrons. The van der Waals surface area contributed by atoms with Gasteiger partial charge in [-0.25, -0.2) is 9.18 Å². The van der Waals surface area contributed by atoms with Crippen LogP contribution in [0.5, 0.6) is 11.5 Å². The maximum atomic E-state index is 14.6. The van der Waals surface area contributed by atoms with Crippen molar-refractivity contribution in [2.24, 2.45) is 0 Å². The van der Waals surface area contributed by atoms with Gasteiger partial charge < -0.3 is 20.1 Å². The molecule has 9 heteroatoms. The third-order valence-electron chi connectivity index (χ3n) is 5.37. The van der Waals surface area contributed by atoms with E-state index in [-0.39, 0.29) is 39.9 Å². The van der Waals surface area contributed by atoms with E-state index in [0.29, 0.717) is 36.4 Å². The molecule has 7 nitrogen and oxygen atoms in total. The highest BCUT2D eigenvalue weighted by molar-refractivity contribution is 6.35. The highest BCUT2D eigenvalue weighted by Crippen LogP contribution is 2.48. The van der Waals surface area contributed by atoms with Gasteiger partial charge in [-0.2, -0.15) is 4.98 Å². The Kier molecular flexibility index (Phi) is 4.33. The lowest BCUT2D eigenvalue weighted by Gasteiger charge is -2.31. The molecule has 0 radical (unpaired) electrons. The third-order valence-corrected chi connectivity index (χ3v) is 5.67. The van der Waals surface area contributed by atoms with Crippen molar-refractivity contribution in [3.63, 3.8) is 0 Å². The molecule has 0 amide bonds. The Morgan fingerprint density at radius 1 is 1.21 bits per heavy atom. The summed E-state index contributed by atoms with van der Waals surface area (Å²) < 4.78 is 22.0. The molecular weight excluding hydrogens is 399 g/mol. The second-order valence-corrected chi connectivity index (χ2v) is 7.45. The van der Waals surface area contributed by atoms with Gasteiger partial charge in [0.05, 0.1) is 28.2 Å². The van der Waals surface area contributed by atoms with Gasteiger partial charge in [0.15, 0.2) is 5.75 Å². The second kappa shape index (κ2) is 6.89. The van der Waals surface area contributed by atoms with Crippen molar-refractivity contribution in [2.75, 3.05) is 37.7 Å². The lowest BCUT2D eigenvalue weighted by Crippen LogP contribution is -2.45. The number of piperazine rings is 1. The molecule has 0 unspecified atom stereocenters. The van der Waals surface area contributed by atoms with Crippen LogP contribution in [0.15, 0.2) is 29.1 Å². The van der Waals surface area contributed by atoms with Gasteiger partial charge in [-0.1, -0.05) is 17.7 Å². The Labute approximate surface area is 170 Å². The number of aromatic nitrogens is 2. The zero-order chi connectivity index (χ0) is 20.1. The predicted molar refractivity (Wildman–Crippen MR) is 109 cm³/mol. The number of nitrogens with zero attached hydrogens (tertiary/aromatic N) is 3. The summed E-state index contributed by atoms with van der Waals surface area (Å²) in [7, 11) is 0. The number of aromatic hydroxyl groups is 1. The van der Waals surface area contributed by atoms with E-state index in [1.807, 2.05) is 4.90 Å². The molecular formula is C20H18ClFN4O3. The number of rotatable bonds is 2. The number of phenols is 1. The van der Waals surface area contributed by atoms with Gasteiger partial charge in [-0.3, -0.25) is 4.57 Å². The van der Waals surface area contributed by atoms with E-state index < -0.39 is 5.82 Å². The quantitative estimate of drug-likeness (QED) is 0.667. The molecule has 1 fully saturated rings. The average molecular weight is 417 g/mol. The number of ether oxygens (including phenoxy) is 1.